The van der Waals surface area contributed by atoms with Gasteiger partial charge < -0.3 is 10.7 Å². The topological polar surface area (TPSA) is 76.0 Å². The fourth-order valence-electron chi connectivity index (χ4n) is 1.42. The first-order chi connectivity index (χ1) is 7.58. The van der Waals surface area contributed by atoms with Crippen LogP contribution >= 0.6 is 0 Å². The molecule has 1 heterocycles. The number of rotatable bonds is 3. The van der Waals surface area contributed by atoms with E-state index in [1.807, 2.05) is 0 Å². The molecule has 0 spiro atoms. The molecule has 0 radical (unpaired) electrons. The number of aromatic amines is 1. The van der Waals surface area contributed by atoms with Crippen LogP contribution in [0.2, 0.25) is 0 Å². The summed E-state index contributed by atoms with van der Waals surface area (Å²) in [6.07, 6.45) is 1.59. The third-order valence-corrected chi connectivity index (χ3v) is 3.88. The first kappa shape index (κ1) is 10.8. The number of nitrogens with two attached hydrogens (primary N) is 1. The van der Waals surface area contributed by atoms with Gasteiger partial charge in [0.25, 0.3) is 0 Å². The molecule has 0 unspecified atom stereocenters. The molecule has 0 saturated carbocycles. The van der Waals surface area contributed by atoms with E-state index in [-0.39, 0.29) is 10.8 Å². The fraction of sp³-hybridized carbons (Fsp3) is 0.0909. The van der Waals surface area contributed by atoms with Crippen molar-refractivity contribution in [1.29, 1.82) is 0 Å². The molecule has 2 rings (SSSR count). The lowest BCUT2D eigenvalue weighted by molar-refractivity contribution is 0.592. The monoisotopic (exact) mass is 236 g/mol. The van der Waals surface area contributed by atoms with Gasteiger partial charge in [-0.05, 0) is 29.8 Å². The Kier molecular flexibility index (Phi) is 2.70. The third kappa shape index (κ3) is 2.25. The molecule has 0 fully saturated rings. The Balaban J connectivity index is 2.25. The van der Waals surface area contributed by atoms with E-state index in [0.29, 0.717) is 5.69 Å². The highest BCUT2D eigenvalue weighted by Gasteiger charge is 2.15. The van der Waals surface area contributed by atoms with Gasteiger partial charge in [0.05, 0.1) is 5.75 Å². The smallest absolute Gasteiger partial charge is 0.197 e. The summed E-state index contributed by atoms with van der Waals surface area (Å²) in [6.45, 7) is 0. The second-order valence-electron chi connectivity index (χ2n) is 3.54. The van der Waals surface area contributed by atoms with Crippen molar-refractivity contribution in [3.8, 4) is 0 Å². The zero-order chi connectivity index (χ0) is 11.6. The molecule has 1 aromatic carbocycles. The highest BCUT2D eigenvalue weighted by Crippen LogP contribution is 2.15. The molecule has 5 heteroatoms. The standard InChI is InChI=1S/C11H12N2O2S/c12-10-5-3-9(4-6-10)8-16(14,15)11-2-1-7-13-11/h1-7,13H,8,12H2. The number of aromatic nitrogens is 1. The molecule has 0 aliphatic rings. The van der Waals surface area contributed by atoms with E-state index in [2.05, 4.69) is 4.98 Å². The molecule has 0 aliphatic carbocycles. The van der Waals surface area contributed by atoms with E-state index in [9.17, 15) is 8.42 Å². The normalized spacial score (nSPS) is 11.5. The van der Waals surface area contributed by atoms with Gasteiger partial charge in [-0.15, -0.1) is 0 Å². The van der Waals surface area contributed by atoms with Gasteiger partial charge >= 0.3 is 0 Å². The Morgan fingerprint density at radius 2 is 1.81 bits per heavy atom. The van der Waals surface area contributed by atoms with E-state index in [1.165, 1.54) is 0 Å². The van der Waals surface area contributed by atoms with E-state index >= 15 is 0 Å². The molecular weight excluding hydrogens is 224 g/mol. The van der Waals surface area contributed by atoms with Crippen molar-refractivity contribution in [2.45, 2.75) is 10.8 Å². The quantitative estimate of drug-likeness (QED) is 0.794. The number of sulfone groups is 1. The maximum atomic E-state index is 11.9. The van der Waals surface area contributed by atoms with Crippen molar-refractivity contribution in [3.05, 3.63) is 48.2 Å². The predicted molar refractivity (Wildman–Crippen MR) is 62.5 cm³/mol. The average molecular weight is 236 g/mol. The highest BCUT2D eigenvalue weighted by molar-refractivity contribution is 7.90. The van der Waals surface area contributed by atoms with Crippen LogP contribution in [0.5, 0.6) is 0 Å². The van der Waals surface area contributed by atoms with Crippen LogP contribution in [0.25, 0.3) is 0 Å². The molecule has 0 bridgehead atoms. The molecule has 1 aromatic heterocycles. The Hall–Kier alpha value is -1.75. The summed E-state index contributed by atoms with van der Waals surface area (Å²) in [5.41, 5.74) is 6.88. The summed E-state index contributed by atoms with van der Waals surface area (Å²) in [4.78, 5) is 2.70. The number of nitrogen functional groups attached to an aromatic ring is 1. The summed E-state index contributed by atoms with van der Waals surface area (Å²) in [5, 5.41) is 0.240. The van der Waals surface area contributed by atoms with Gasteiger partial charge in [0.1, 0.15) is 5.03 Å². The molecule has 3 N–H and O–H groups in total. The molecule has 0 saturated heterocycles. The largest absolute Gasteiger partial charge is 0.399 e. The lowest BCUT2D eigenvalue weighted by Crippen LogP contribution is -2.05. The van der Waals surface area contributed by atoms with Crippen LogP contribution in [-0.4, -0.2) is 13.4 Å². The van der Waals surface area contributed by atoms with Crippen molar-refractivity contribution in [2.24, 2.45) is 0 Å². The van der Waals surface area contributed by atoms with Gasteiger partial charge in [0, 0.05) is 11.9 Å². The van der Waals surface area contributed by atoms with Gasteiger partial charge in [0.2, 0.25) is 0 Å². The SMILES string of the molecule is Nc1ccc(CS(=O)(=O)c2ccc[nH]2)cc1. The minimum Gasteiger partial charge on any atom is -0.399 e. The molecule has 0 atom stereocenters. The number of anilines is 1. The van der Waals surface area contributed by atoms with Gasteiger partial charge in [-0.25, -0.2) is 8.42 Å². The highest BCUT2D eigenvalue weighted by atomic mass is 32.2. The van der Waals surface area contributed by atoms with Gasteiger partial charge in [0.15, 0.2) is 9.84 Å². The lowest BCUT2D eigenvalue weighted by Gasteiger charge is -2.02. The Labute approximate surface area is 94.0 Å². The molecule has 84 valence electrons. The second kappa shape index (κ2) is 4.02. The second-order valence-corrected chi connectivity index (χ2v) is 5.49. The van der Waals surface area contributed by atoms with Crippen LogP contribution in [0, 0.1) is 0 Å². The summed E-state index contributed by atoms with van der Waals surface area (Å²) in [5.74, 6) is -0.0200. The minimum absolute atomic E-state index is 0.0200. The number of hydrogen-bond donors (Lipinski definition) is 2. The van der Waals surface area contributed by atoms with Crippen LogP contribution in [0.15, 0.2) is 47.6 Å². The van der Waals surface area contributed by atoms with Crippen LogP contribution in [0.4, 0.5) is 5.69 Å². The minimum atomic E-state index is -3.28. The maximum absolute atomic E-state index is 11.9. The molecular formula is C11H12N2O2S. The zero-order valence-corrected chi connectivity index (χ0v) is 9.37. The molecule has 4 nitrogen and oxygen atoms in total. The van der Waals surface area contributed by atoms with Crippen molar-refractivity contribution >= 4 is 15.5 Å². The lowest BCUT2D eigenvalue weighted by atomic mass is 10.2. The van der Waals surface area contributed by atoms with Crippen LogP contribution < -0.4 is 5.73 Å². The summed E-state index contributed by atoms with van der Waals surface area (Å²) >= 11 is 0. The Morgan fingerprint density at radius 1 is 1.12 bits per heavy atom. The fourth-order valence-corrected chi connectivity index (χ4v) is 2.74. The molecule has 0 amide bonds. The third-order valence-electron chi connectivity index (χ3n) is 2.24. The molecule has 16 heavy (non-hydrogen) atoms. The van der Waals surface area contributed by atoms with Gasteiger partial charge in [-0.3, -0.25) is 0 Å². The van der Waals surface area contributed by atoms with Crippen LogP contribution in [0.3, 0.4) is 0 Å². The van der Waals surface area contributed by atoms with E-state index in [4.69, 9.17) is 5.73 Å². The van der Waals surface area contributed by atoms with Crippen molar-refractivity contribution in [3.63, 3.8) is 0 Å². The van der Waals surface area contributed by atoms with Gasteiger partial charge in [-0.2, -0.15) is 0 Å². The average Bonchev–Trinajstić information content (AvgIpc) is 2.75. The first-order valence-corrected chi connectivity index (χ1v) is 6.44. The number of hydrogen-bond acceptors (Lipinski definition) is 3. The van der Waals surface area contributed by atoms with Crippen molar-refractivity contribution < 1.29 is 8.42 Å². The number of benzene rings is 1. The predicted octanol–water partition coefficient (Wildman–Crippen LogP) is 1.57. The number of H-pyrrole nitrogens is 1. The van der Waals surface area contributed by atoms with Crippen molar-refractivity contribution in [2.75, 3.05) is 5.73 Å². The van der Waals surface area contributed by atoms with Crippen LogP contribution in [-0.2, 0) is 15.6 Å². The van der Waals surface area contributed by atoms with Crippen molar-refractivity contribution in [1.82, 2.24) is 4.98 Å². The van der Waals surface area contributed by atoms with Gasteiger partial charge in [-0.1, -0.05) is 12.1 Å². The molecule has 0 aliphatic heterocycles. The van der Waals surface area contributed by atoms with E-state index < -0.39 is 9.84 Å². The summed E-state index contributed by atoms with van der Waals surface area (Å²) in [6, 6.07) is 10.0. The number of nitrogens with one attached hydrogen (secondary N) is 1. The first-order valence-electron chi connectivity index (χ1n) is 4.78. The van der Waals surface area contributed by atoms with Crippen LogP contribution in [0.1, 0.15) is 5.56 Å². The zero-order valence-electron chi connectivity index (χ0n) is 8.55. The van der Waals surface area contributed by atoms with E-state index in [0.717, 1.165) is 5.56 Å². The summed E-state index contributed by atoms with van der Waals surface area (Å²) < 4.78 is 23.8. The Morgan fingerprint density at radius 3 is 2.38 bits per heavy atom. The summed E-state index contributed by atoms with van der Waals surface area (Å²) in [7, 11) is -3.28. The Bertz CT molecular complexity index is 557. The molecule has 2 aromatic rings. The maximum Gasteiger partial charge on any atom is 0.197 e. The van der Waals surface area contributed by atoms with E-state index in [1.54, 1.807) is 42.6 Å².